The highest BCUT2D eigenvalue weighted by Crippen LogP contribution is 2.26. The van der Waals surface area contributed by atoms with Crippen LogP contribution in [0.5, 0.6) is 5.75 Å². The van der Waals surface area contributed by atoms with Crippen LogP contribution in [0, 0.1) is 32.1 Å². The molecule has 124 valence electrons. The first-order valence-corrected chi connectivity index (χ1v) is 8.25. The smallest absolute Gasteiger partial charge is 0.234 e. The Labute approximate surface area is 145 Å². The average Bonchev–Trinajstić information content (AvgIpc) is 2.52. The average molecular weight is 342 g/mol. The molecule has 1 heterocycles. The fraction of sp³-hybridized carbons (Fsp3) is 0.294. The molecule has 1 aromatic carbocycles. The van der Waals surface area contributed by atoms with E-state index in [4.69, 9.17) is 4.74 Å². The molecule has 2 rings (SSSR count). The Morgan fingerprint density at radius 1 is 1.33 bits per heavy atom. The summed E-state index contributed by atoms with van der Waals surface area (Å²) in [7, 11) is 1.56. The summed E-state index contributed by atoms with van der Waals surface area (Å²) in [6, 6.07) is 7.66. The van der Waals surface area contributed by atoms with Crippen molar-refractivity contribution in [3.63, 3.8) is 0 Å². The van der Waals surface area contributed by atoms with Crippen LogP contribution in [-0.4, -0.2) is 28.7 Å². The van der Waals surface area contributed by atoms with Gasteiger partial charge in [-0.05, 0) is 38.5 Å². The quantitative estimate of drug-likeness (QED) is 0.664. The fourth-order valence-electron chi connectivity index (χ4n) is 2.15. The fourth-order valence-corrected chi connectivity index (χ4v) is 3.03. The van der Waals surface area contributed by atoms with Crippen LogP contribution in [0.2, 0.25) is 0 Å². The molecule has 0 saturated carbocycles. The second-order valence-corrected chi connectivity index (χ2v) is 6.15. The zero-order valence-corrected chi connectivity index (χ0v) is 14.8. The molecule has 0 unspecified atom stereocenters. The van der Waals surface area contributed by atoms with Crippen LogP contribution in [0.1, 0.15) is 22.6 Å². The predicted octanol–water partition coefficient (Wildman–Crippen LogP) is 3.01. The van der Waals surface area contributed by atoms with Gasteiger partial charge in [0, 0.05) is 0 Å². The molecule has 0 bridgehead atoms. The number of ether oxygens (including phenoxy) is 1. The van der Waals surface area contributed by atoms with Gasteiger partial charge in [0.2, 0.25) is 5.91 Å². The number of aromatic nitrogens is 2. The van der Waals surface area contributed by atoms with Gasteiger partial charge in [-0.15, -0.1) is 0 Å². The van der Waals surface area contributed by atoms with E-state index in [0.717, 1.165) is 5.56 Å². The number of hydrogen-bond donors (Lipinski definition) is 1. The maximum atomic E-state index is 12.2. The first kappa shape index (κ1) is 17.8. The summed E-state index contributed by atoms with van der Waals surface area (Å²) < 4.78 is 5.25. The summed E-state index contributed by atoms with van der Waals surface area (Å²) in [5, 5.41) is 12.6. The number of methoxy groups -OCH3 is 1. The number of rotatable bonds is 5. The molecule has 7 heteroatoms. The highest BCUT2D eigenvalue weighted by molar-refractivity contribution is 8.00. The van der Waals surface area contributed by atoms with Crippen LogP contribution in [0.4, 0.5) is 5.69 Å². The highest BCUT2D eigenvalue weighted by atomic mass is 32.2. The van der Waals surface area contributed by atoms with E-state index in [2.05, 4.69) is 21.4 Å². The van der Waals surface area contributed by atoms with Crippen molar-refractivity contribution in [3.8, 4) is 11.8 Å². The van der Waals surface area contributed by atoms with Crippen LogP contribution >= 0.6 is 11.8 Å². The topological polar surface area (TPSA) is 87.9 Å². The van der Waals surface area contributed by atoms with Crippen LogP contribution in [0.25, 0.3) is 0 Å². The van der Waals surface area contributed by atoms with Gasteiger partial charge in [-0.25, -0.2) is 9.97 Å². The summed E-state index contributed by atoms with van der Waals surface area (Å²) in [5.41, 5.74) is 2.67. The number of benzene rings is 1. The van der Waals surface area contributed by atoms with Crippen molar-refractivity contribution in [1.82, 2.24) is 9.97 Å². The van der Waals surface area contributed by atoms with Crippen molar-refractivity contribution >= 4 is 23.4 Å². The summed E-state index contributed by atoms with van der Waals surface area (Å²) in [6.45, 7) is 5.46. The standard InChI is InChI=1S/C17H18N4O2S/c1-10-5-6-15(23-4)14(7-10)21-16(22)9-24-17-13(8-18)11(2)19-12(3)20-17/h5-7H,9H2,1-4H3,(H,21,22). The van der Waals surface area contributed by atoms with E-state index < -0.39 is 0 Å². The Bertz CT molecular complexity index is 815. The molecule has 0 aliphatic rings. The number of anilines is 1. The van der Waals surface area contributed by atoms with E-state index in [-0.39, 0.29) is 11.7 Å². The van der Waals surface area contributed by atoms with Gasteiger partial charge in [-0.1, -0.05) is 17.8 Å². The van der Waals surface area contributed by atoms with Crippen molar-refractivity contribution in [1.29, 1.82) is 5.26 Å². The number of aryl methyl sites for hydroxylation is 3. The van der Waals surface area contributed by atoms with E-state index in [9.17, 15) is 10.1 Å². The monoisotopic (exact) mass is 342 g/mol. The molecule has 1 aromatic heterocycles. The Morgan fingerprint density at radius 3 is 2.75 bits per heavy atom. The van der Waals surface area contributed by atoms with E-state index in [1.54, 1.807) is 21.0 Å². The number of amides is 1. The minimum atomic E-state index is -0.193. The zero-order valence-electron chi connectivity index (χ0n) is 14.0. The third-order valence-electron chi connectivity index (χ3n) is 3.25. The number of nitrogens with zero attached hydrogens (tertiary/aromatic N) is 3. The normalized spacial score (nSPS) is 10.1. The number of nitriles is 1. The third kappa shape index (κ3) is 4.24. The summed E-state index contributed by atoms with van der Waals surface area (Å²) in [4.78, 5) is 20.6. The van der Waals surface area contributed by atoms with Crippen molar-refractivity contribution in [2.45, 2.75) is 25.8 Å². The molecule has 2 aromatic rings. The van der Waals surface area contributed by atoms with Gasteiger partial charge in [0.15, 0.2) is 0 Å². The molecule has 0 aliphatic heterocycles. The summed E-state index contributed by atoms with van der Waals surface area (Å²) >= 11 is 1.22. The summed E-state index contributed by atoms with van der Waals surface area (Å²) in [5.74, 6) is 1.13. The van der Waals surface area contributed by atoms with Crippen molar-refractivity contribution in [3.05, 3.63) is 40.8 Å². The molecule has 0 atom stereocenters. The number of carbonyl (C=O) groups is 1. The molecule has 1 amide bonds. The molecule has 0 aliphatic carbocycles. The van der Waals surface area contributed by atoms with Gasteiger partial charge in [-0.2, -0.15) is 5.26 Å². The largest absolute Gasteiger partial charge is 0.495 e. The van der Waals surface area contributed by atoms with Gasteiger partial charge >= 0.3 is 0 Å². The molecule has 0 radical (unpaired) electrons. The number of hydrogen-bond acceptors (Lipinski definition) is 6. The number of carbonyl (C=O) groups excluding carboxylic acids is 1. The number of nitrogens with one attached hydrogen (secondary N) is 1. The molecular formula is C17H18N4O2S. The van der Waals surface area contributed by atoms with Crippen molar-refractivity contribution in [2.75, 3.05) is 18.2 Å². The first-order valence-electron chi connectivity index (χ1n) is 7.27. The Morgan fingerprint density at radius 2 is 2.08 bits per heavy atom. The molecule has 0 spiro atoms. The van der Waals surface area contributed by atoms with Crippen LogP contribution in [0.15, 0.2) is 23.2 Å². The van der Waals surface area contributed by atoms with E-state index in [1.165, 1.54) is 11.8 Å². The van der Waals surface area contributed by atoms with Crippen LogP contribution < -0.4 is 10.1 Å². The molecule has 6 nitrogen and oxygen atoms in total. The molecular weight excluding hydrogens is 324 g/mol. The lowest BCUT2D eigenvalue weighted by atomic mass is 10.2. The minimum absolute atomic E-state index is 0.141. The summed E-state index contributed by atoms with van der Waals surface area (Å²) in [6.07, 6.45) is 0. The highest BCUT2D eigenvalue weighted by Gasteiger charge is 2.13. The van der Waals surface area contributed by atoms with E-state index >= 15 is 0 Å². The minimum Gasteiger partial charge on any atom is -0.495 e. The maximum Gasteiger partial charge on any atom is 0.234 e. The molecule has 0 fully saturated rings. The van der Waals surface area contributed by atoms with Gasteiger partial charge < -0.3 is 10.1 Å². The van der Waals surface area contributed by atoms with Gasteiger partial charge in [-0.3, -0.25) is 4.79 Å². The SMILES string of the molecule is COc1ccc(C)cc1NC(=O)CSc1nc(C)nc(C)c1C#N. The number of thioether (sulfide) groups is 1. The van der Waals surface area contributed by atoms with Crippen molar-refractivity contribution in [2.24, 2.45) is 0 Å². The molecule has 1 N–H and O–H groups in total. The lowest BCUT2D eigenvalue weighted by Gasteiger charge is -2.11. The zero-order chi connectivity index (χ0) is 17.7. The van der Waals surface area contributed by atoms with Crippen LogP contribution in [0.3, 0.4) is 0 Å². The van der Waals surface area contributed by atoms with Crippen molar-refractivity contribution < 1.29 is 9.53 Å². The van der Waals surface area contributed by atoms with Gasteiger partial charge in [0.25, 0.3) is 0 Å². The van der Waals surface area contributed by atoms with Gasteiger partial charge in [0.05, 0.1) is 24.2 Å². The Hall–Kier alpha value is -2.59. The van der Waals surface area contributed by atoms with Crippen LogP contribution in [-0.2, 0) is 4.79 Å². The lowest BCUT2D eigenvalue weighted by molar-refractivity contribution is -0.113. The second-order valence-electron chi connectivity index (χ2n) is 5.19. The second kappa shape index (κ2) is 7.79. The van der Waals surface area contributed by atoms with E-state index in [0.29, 0.717) is 33.5 Å². The molecule has 0 saturated heterocycles. The first-order chi connectivity index (χ1) is 11.4. The van der Waals surface area contributed by atoms with E-state index in [1.807, 2.05) is 25.1 Å². The predicted molar refractivity (Wildman–Crippen MR) is 93.3 cm³/mol. The lowest BCUT2D eigenvalue weighted by Crippen LogP contribution is -2.15. The maximum absolute atomic E-state index is 12.2. The Balaban J connectivity index is 2.10. The third-order valence-corrected chi connectivity index (χ3v) is 4.22. The molecule has 24 heavy (non-hydrogen) atoms. The Kier molecular flexibility index (Phi) is 5.77. The van der Waals surface area contributed by atoms with Gasteiger partial charge in [0.1, 0.15) is 28.2 Å².